The van der Waals surface area contributed by atoms with Crippen molar-refractivity contribution in [2.45, 2.75) is 28.7 Å². The average molecular weight is 411 g/mol. The smallest absolute Gasteiger partial charge is 0.259 e. The maximum absolute atomic E-state index is 13.2. The summed E-state index contributed by atoms with van der Waals surface area (Å²) in [5.74, 6) is -0.206. The molecule has 1 N–H and O–H groups in total. The Labute approximate surface area is 178 Å². The number of nitrogens with zero attached hydrogens (tertiary/aromatic N) is 2. The van der Waals surface area contributed by atoms with Crippen molar-refractivity contribution >= 4 is 35.0 Å². The van der Waals surface area contributed by atoms with Crippen molar-refractivity contribution in [2.24, 2.45) is 0 Å². The van der Waals surface area contributed by atoms with Gasteiger partial charge < -0.3 is 10.2 Å². The molecule has 5 rings (SSSR count). The number of hydrogen-bond acceptors (Lipinski definition) is 4. The van der Waals surface area contributed by atoms with Gasteiger partial charge in [-0.15, -0.1) is 0 Å². The highest BCUT2D eigenvalue weighted by molar-refractivity contribution is 7.99. The number of carbonyl (C=O) groups is 2. The van der Waals surface area contributed by atoms with Gasteiger partial charge >= 0.3 is 0 Å². The first-order valence-corrected chi connectivity index (χ1v) is 10.5. The fourth-order valence-electron chi connectivity index (χ4n) is 3.56. The number of nitriles is 1. The quantitative estimate of drug-likeness (QED) is 0.652. The van der Waals surface area contributed by atoms with E-state index in [1.54, 1.807) is 36.0 Å². The number of benzene rings is 3. The zero-order chi connectivity index (χ0) is 20.7. The lowest BCUT2D eigenvalue weighted by Crippen LogP contribution is -2.32. The average Bonchev–Trinajstić information content (AvgIpc) is 3.61. The predicted octanol–water partition coefficient (Wildman–Crippen LogP) is 5.08. The standard InChI is InChI=1S/C24H17N3O2S/c25-14-15-5-7-16(8-6-15)23(28)26-17-9-12-20-22(13-17)30-21-4-2-1-3-19(21)24(29)27(20)18-10-11-18/h1-9,12-13,18H,10-11H2,(H,26,28). The third-order valence-corrected chi connectivity index (χ3v) is 6.34. The van der Waals surface area contributed by atoms with Crippen molar-refractivity contribution in [1.29, 1.82) is 5.26 Å². The molecule has 0 saturated heterocycles. The molecule has 1 saturated carbocycles. The van der Waals surface area contributed by atoms with Gasteiger partial charge in [-0.05, 0) is 67.4 Å². The third kappa shape index (κ3) is 3.34. The molecule has 1 aliphatic heterocycles. The van der Waals surface area contributed by atoms with Crippen LogP contribution in [0.4, 0.5) is 11.4 Å². The van der Waals surface area contributed by atoms with Crippen LogP contribution in [0, 0.1) is 11.3 Å². The third-order valence-electron chi connectivity index (χ3n) is 5.22. The molecule has 0 aromatic heterocycles. The molecule has 0 radical (unpaired) electrons. The fraction of sp³-hybridized carbons (Fsp3) is 0.125. The molecule has 3 aromatic rings. The largest absolute Gasteiger partial charge is 0.322 e. The van der Waals surface area contributed by atoms with Crippen LogP contribution in [0.5, 0.6) is 0 Å². The highest BCUT2D eigenvalue weighted by Crippen LogP contribution is 2.46. The molecule has 0 bridgehead atoms. The van der Waals surface area contributed by atoms with Crippen LogP contribution in [0.1, 0.15) is 39.1 Å². The van der Waals surface area contributed by atoms with E-state index in [9.17, 15) is 9.59 Å². The molecule has 1 heterocycles. The Hall–Kier alpha value is -3.56. The van der Waals surface area contributed by atoms with Gasteiger partial charge in [0.2, 0.25) is 0 Å². The normalized spacial score (nSPS) is 14.9. The first kappa shape index (κ1) is 18.5. The maximum atomic E-state index is 13.2. The molecule has 0 spiro atoms. The lowest BCUT2D eigenvalue weighted by molar-refractivity contribution is 0.0981. The minimum Gasteiger partial charge on any atom is -0.322 e. The topological polar surface area (TPSA) is 73.2 Å². The van der Waals surface area contributed by atoms with E-state index in [0.717, 1.165) is 28.3 Å². The number of rotatable bonds is 3. The first-order valence-electron chi connectivity index (χ1n) is 9.70. The van der Waals surface area contributed by atoms with E-state index in [-0.39, 0.29) is 17.9 Å². The van der Waals surface area contributed by atoms with E-state index < -0.39 is 0 Å². The van der Waals surface area contributed by atoms with Gasteiger partial charge in [0.1, 0.15) is 0 Å². The first-order chi connectivity index (χ1) is 14.6. The van der Waals surface area contributed by atoms with E-state index in [1.165, 1.54) is 0 Å². The second kappa shape index (κ2) is 7.36. The minimum atomic E-state index is -0.242. The number of nitrogens with one attached hydrogen (secondary N) is 1. The summed E-state index contributed by atoms with van der Waals surface area (Å²) in [6.45, 7) is 0. The van der Waals surface area contributed by atoms with Gasteiger partial charge in [0.15, 0.2) is 0 Å². The van der Waals surface area contributed by atoms with Crippen LogP contribution in [0.25, 0.3) is 0 Å². The summed E-state index contributed by atoms with van der Waals surface area (Å²) >= 11 is 1.55. The Morgan fingerprint density at radius 2 is 1.80 bits per heavy atom. The fourth-order valence-corrected chi connectivity index (χ4v) is 4.66. The molecule has 2 aliphatic rings. The summed E-state index contributed by atoms with van der Waals surface area (Å²) in [6.07, 6.45) is 2.02. The minimum absolute atomic E-state index is 0.0359. The Morgan fingerprint density at radius 3 is 2.53 bits per heavy atom. The van der Waals surface area contributed by atoms with E-state index in [0.29, 0.717) is 22.4 Å². The van der Waals surface area contributed by atoms with Crippen molar-refractivity contribution < 1.29 is 9.59 Å². The van der Waals surface area contributed by atoms with Crippen molar-refractivity contribution in [2.75, 3.05) is 10.2 Å². The van der Waals surface area contributed by atoms with Gasteiger partial charge in [-0.1, -0.05) is 23.9 Å². The second-order valence-corrected chi connectivity index (χ2v) is 8.41. The Morgan fingerprint density at radius 1 is 1.03 bits per heavy atom. The SMILES string of the molecule is N#Cc1ccc(C(=O)Nc2ccc3c(c2)Sc2ccccc2C(=O)N3C2CC2)cc1. The Bertz CT molecular complexity index is 1210. The van der Waals surface area contributed by atoms with Crippen molar-refractivity contribution in [3.63, 3.8) is 0 Å². The van der Waals surface area contributed by atoms with Crippen LogP contribution in [0.3, 0.4) is 0 Å². The number of carbonyl (C=O) groups excluding carboxylic acids is 2. The molecule has 2 amide bonds. The number of hydrogen-bond donors (Lipinski definition) is 1. The van der Waals surface area contributed by atoms with E-state index in [2.05, 4.69) is 5.32 Å². The highest BCUT2D eigenvalue weighted by atomic mass is 32.2. The van der Waals surface area contributed by atoms with Crippen LogP contribution in [0.2, 0.25) is 0 Å². The van der Waals surface area contributed by atoms with Gasteiger partial charge in [0, 0.05) is 27.1 Å². The predicted molar refractivity (Wildman–Crippen MR) is 116 cm³/mol. The molecule has 1 fully saturated rings. The monoisotopic (exact) mass is 411 g/mol. The van der Waals surface area contributed by atoms with Crippen molar-refractivity contribution in [1.82, 2.24) is 0 Å². The summed E-state index contributed by atoms with van der Waals surface area (Å²) in [5.41, 5.74) is 3.26. The van der Waals surface area contributed by atoms with Crippen molar-refractivity contribution in [3.8, 4) is 6.07 Å². The molecule has 6 heteroatoms. The molecule has 30 heavy (non-hydrogen) atoms. The molecule has 3 aromatic carbocycles. The molecule has 0 unspecified atom stereocenters. The highest BCUT2D eigenvalue weighted by Gasteiger charge is 2.38. The number of fused-ring (bicyclic) bond motifs is 2. The van der Waals surface area contributed by atoms with Gasteiger partial charge in [0.05, 0.1) is 22.9 Å². The zero-order valence-electron chi connectivity index (χ0n) is 16.0. The lowest BCUT2D eigenvalue weighted by Gasteiger charge is -2.23. The molecule has 146 valence electrons. The lowest BCUT2D eigenvalue weighted by atomic mass is 10.1. The van der Waals surface area contributed by atoms with Gasteiger partial charge in [-0.2, -0.15) is 5.26 Å². The van der Waals surface area contributed by atoms with Crippen LogP contribution >= 0.6 is 11.8 Å². The van der Waals surface area contributed by atoms with Crippen LogP contribution in [-0.4, -0.2) is 17.9 Å². The van der Waals surface area contributed by atoms with Crippen molar-refractivity contribution in [3.05, 3.63) is 83.4 Å². The van der Waals surface area contributed by atoms with Gasteiger partial charge in [-0.25, -0.2) is 0 Å². The molecular formula is C24H17N3O2S. The summed E-state index contributed by atoms with van der Waals surface area (Å²) in [4.78, 5) is 29.6. The number of anilines is 2. The summed E-state index contributed by atoms with van der Waals surface area (Å²) < 4.78 is 0. The number of amides is 2. The van der Waals surface area contributed by atoms with E-state index >= 15 is 0 Å². The zero-order valence-corrected chi connectivity index (χ0v) is 16.8. The Balaban J connectivity index is 1.48. The Kier molecular flexibility index (Phi) is 4.53. The summed E-state index contributed by atoms with van der Waals surface area (Å²) in [7, 11) is 0. The van der Waals surface area contributed by atoms with E-state index in [4.69, 9.17) is 5.26 Å². The summed E-state index contributed by atoms with van der Waals surface area (Å²) in [5, 5.41) is 11.8. The molecule has 1 aliphatic carbocycles. The van der Waals surface area contributed by atoms with E-state index in [1.807, 2.05) is 53.4 Å². The molecule has 0 atom stereocenters. The summed E-state index contributed by atoms with van der Waals surface area (Å²) in [6, 6.07) is 22.1. The maximum Gasteiger partial charge on any atom is 0.259 e. The van der Waals surface area contributed by atoms with Gasteiger partial charge in [0.25, 0.3) is 11.8 Å². The van der Waals surface area contributed by atoms with Crippen LogP contribution < -0.4 is 10.2 Å². The van der Waals surface area contributed by atoms with Crippen LogP contribution in [0.15, 0.2) is 76.5 Å². The van der Waals surface area contributed by atoms with Crippen LogP contribution in [-0.2, 0) is 0 Å². The second-order valence-electron chi connectivity index (χ2n) is 7.33. The molecule has 5 nitrogen and oxygen atoms in total. The molecular weight excluding hydrogens is 394 g/mol. The van der Waals surface area contributed by atoms with Gasteiger partial charge in [-0.3, -0.25) is 9.59 Å².